The van der Waals surface area contributed by atoms with Crippen molar-refractivity contribution in [3.8, 4) is 11.5 Å². The summed E-state index contributed by atoms with van der Waals surface area (Å²) in [6, 6.07) is 16.9. The highest BCUT2D eigenvalue weighted by atomic mass is 32.2. The van der Waals surface area contributed by atoms with Gasteiger partial charge < -0.3 is 19.7 Å². The highest BCUT2D eigenvalue weighted by Gasteiger charge is 2.36. The number of para-hydroxylation sites is 1. The molecule has 3 aromatic rings. The van der Waals surface area contributed by atoms with E-state index in [1.54, 1.807) is 55.5 Å². The van der Waals surface area contributed by atoms with Crippen LogP contribution in [0.4, 0.5) is 11.4 Å². The van der Waals surface area contributed by atoms with Gasteiger partial charge in [-0.25, -0.2) is 8.42 Å². The zero-order valence-corrected chi connectivity index (χ0v) is 22.7. The minimum Gasteiger partial charge on any atom is -0.493 e. The summed E-state index contributed by atoms with van der Waals surface area (Å²) in [4.78, 5) is 27.4. The van der Waals surface area contributed by atoms with Gasteiger partial charge in [0.15, 0.2) is 11.5 Å². The molecule has 0 bridgehead atoms. The van der Waals surface area contributed by atoms with Crippen LogP contribution in [0, 0.1) is 5.92 Å². The second-order valence-corrected chi connectivity index (χ2v) is 11.3. The van der Waals surface area contributed by atoms with E-state index in [9.17, 15) is 18.0 Å². The van der Waals surface area contributed by atoms with Crippen LogP contribution in [0.5, 0.6) is 11.5 Å². The molecule has 3 aromatic carbocycles. The number of carbonyl (C=O) groups excluding carboxylic acids is 2. The number of nitrogens with zero attached hydrogens (tertiary/aromatic N) is 1. The fourth-order valence-electron chi connectivity index (χ4n) is 4.75. The van der Waals surface area contributed by atoms with Crippen LogP contribution in [-0.4, -0.2) is 47.5 Å². The second-order valence-electron chi connectivity index (χ2n) is 9.65. The maximum Gasteiger partial charge on any atom is 0.261 e. The van der Waals surface area contributed by atoms with Gasteiger partial charge in [-0.3, -0.25) is 14.3 Å². The number of rotatable bonds is 10. The number of nitrogens with one attached hydrogen (secondary N) is 2. The molecule has 10 heteroatoms. The fraction of sp³-hybridized carbons (Fsp3) is 0.310. The molecule has 2 amide bonds. The molecule has 0 spiro atoms. The first-order chi connectivity index (χ1) is 18.8. The first-order valence-electron chi connectivity index (χ1n) is 12.9. The Hall–Kier alpha value is -4.05. The number of sulfonamides is 1. The van der Waals surface area contributed by atoms with Crippen LogP contribution < -0.4 is 24.4 Å². The average Bonchev–Trinajstić information content (AvgIpc) is 3.71. The van der Waals surface area contributed by atoms with Gasteiger partial charge in [0.2, 0.25) is 5.91 Å². The van der Waals surface area contributed by atoms with E-state index in [1.165, 1.54) is 6.07 Å². The lowest BCUT2D eigenvalue weighted by Gasteiger charge is -2.17. The molecule has 2 N–H and O–H groups in total. The number of benzene rings is 3. The summed E-state index contributed by atoms with van der Waals surface area (Å²) in [5.74, 6) is 1.06. The van der Waals surface area contributed by atoms with Crippen LogP contribution in [0.2, 0.25) is 0 Å². The third-order valence-corrected chi connectivity index (χ3v) is 8.38. The van der Waals surface area contributed by atoms with Gasteiger partial charge in [-0.2, -0.15) is 0 Å². The van der Waals surface area contributed by atoms with Gasteiger partial charge in [-0.1, -0.05) is 18.2 Å². The van der Waals surface area contributed by atoms with Crippen LogP contribution in [0.1, 0.15) is 34.3 Å². The molecule has 204 valence electrons. The highest BCUT2D eigenvalue weighted by molar-refractivity contribution is 7.92. The number of fused-ring (bicyclic) bond motifs is 1. The van der Waals surface area contributed by atoms with Crippen molar-refractivity contribution >= 4 is 33.2 Å². The number of methoxy groups -OCH3 is 2. The molecule has 1 heterocycles. The third kappa shape index (κ3) is 5.70. The summed E-state index contributed by atoms with van der Waals surface area (Å²) in [5, 5.41) is 2.86. The van der Waals surface area contributed by atoms with Crippen molar-refractivity contribution in [1.29, 1.82) is 0 Å². The standard InChI is InChI=1S/C29H31N3O6S/c1-37-26-12-7-19(17-27(26)38-2)13-15-30-28(33)23-5-3-4-6-24(23)31-39(35,36)22-10-11-25-21(18-22)14-16-32(25)29(34)20-8-9-20/h3-7,10-12,17-18,20,31H,8-9,13-16H2,1-2H3,(H,30,33). The topological polar surface area (TPSA) is 114 Å². The Morgan fingerprint density at radius 1 is 0.974 bits per heavy atom. The van der Waals surface area contributed by atoms with E-state index in [2.05, 4.69) is 10.0 Å². The predicted molar refractivity (Wildman–Crippen MR) is 148 cm³/mol. The van der Waals surface area contributed by atoms with Crippen molar-refractivity contribution < 1.29 is 27.5 Å². The number of carbonyl (C=O) groups is 2. The van der Waals surface area contributed by atoms with E-state index in [0.717, 1.165) is 29.7 Å². The van der Waals surface area contributed by atoms with E-state index < -0.39 is 15.9 Å². The van der Waals surface area contributed by atoms with Gasteiger partial charge >= 0.3 is 0 Å². The Labute approximate surface area is 228 Å². The summed E-state index contributed by atoms with van der Waals surface area (Å²) in [7, 11) is -0.836. The Balaban J connectivity index is 1.26. The van der Waals surface area contributed by atoms with Gasteiger partial charge in [0.25, 0.3) is 15.9 Å². The van der Waals surface area contributed by atoms with Gasteiger partial charge in [0, 0.05) is 24.7 Å². The molecular weight excluding hydrogens is 518 g/mol. The molecule has 0 unspecified atom stereocenters. The van der Waals surface area contributed by atoms with Crippen LogP contribution in [0.3, 0.4) is 0 Å². The van der Waals surface area contributed by atoms with Gasteiger partial charge in [0.05, 0.1) is 30.4 Å². The molecule has 0 radical (unpaired) electrons. The van der Waals surface area contributed by atoms with E-state index in [-0.39, 0.29) is 28.0 Å². The summed E-state index contributed by atoms with van der Waals surface area (Å²) in [6.45, 7) is 0.907. The smallest absolute Gasteiger partial charge is 0.261 e. The zero-order valence-electron chi connectivity index (χ0n) is 21.9. The largest absolute Gasteiger partial charge is 0.493 e. The van der Waals surface area contributed by atoms with Gasteiger partial charge in [0.1, 0.15) is 0 Å². The number of hydrogen-bond donors (Lipinski definition) is 2. The maximum atomic E-state index is 13.3. The Bertz CT molecular complexity index is 1520. The van der Waals surface area contributed by atoms with Gasteiger partial charge in [-0.05, 0) is 79.3 Å². The average molecular weight is 550 g/mol. The minimum absolute atomic E-state index is 0.0886. The molecule has 0 atom stereocenters. The lowest BCUT2D eigenvalue weighted by atomic mass is 10.1. The molecule has 1 aliphatic carbocycles. The Morgan fingerprint density at radius 3 is 2.49 bits per heavy atom. The van der Waals surface area contributed by atoms with Crippen molar-refractivity contribution in [1.82, 2.24) is 5.32 Å². The molecule has 5 rings (SSSR count). The van der Waals surface area contributed by atoms with E-state index >= 15 is 0 Å². The van der Waals surface area contributed by atoms with Crippen LogP contribution in [-0.2, 0) is 27.7 Å². The SMILES string of the molecule is COc1ccc(CCNC(=O)c2ccccc2NS(=O)(=O)c2ccc3c(c2)CCN3C(=O)C2CC2)cc1OC. The normalized spacial score (nSPS) is 14.5. The number of amides is 2. The lowest BCUT2D eigenvalue weighted by molar-refractivity contribution is -0.119. The van der Waals surface area contributed by atoms with E-state index in [1.807, 2.05) is 18.2 Å². The van der Waals surface area contributed by atoms with Crippen LogP contribution in [0.25, 0.3) is 0 Å². The maximum absolute atomic E-state index is 13.3. The number of anilines is 2. The first-order valence-corrected chi connectivity index (χ1v) is 14.3. The summed E-state index contributed by atoms with van der Waals surface area (Å²) in [5.41, 5.74) is 2.96. The third-order valence-electron chi connectivity index (χ3n) is 7.01. The zero-order chi connectivity index (χ0) is 27.6. The Morgan fingerprint density at radius 2 is 1.74 bits per heavy atom. The Kier molecular flexibility index (Phi) is 7.47. The molecule has 1 aliphatic heterocycles. The van der Waals surface area contributed by atoms with Crippen molar-refractivity contribution in [2.24, 2.45) is 5.92 Å². The second kappa shape index (κ2) is 11.0. The van der Waals surface area contributed by atoms with Gasteiger partial charge in [-0.15, -0.1) is 0 Å². The van der Waals surface area contributed by atoms with E-state index in [0.29, 0.717) is 37.4 Å². The fourth-order valence-corrected chi connectivity index (χ4v) is 5.88. The number of ether oxygens (including phenoxy) is 2. The molecule has 2 aliphatic rings. The van der Waals surface area contributed by atoms with Crippen molar-refractivity contribution in [3.05, 3.63) is 77.4 Å². The molecular formula is C29H31N3O6S. The predicted octanol–water partition coefficient (Wildman–Crippen LogP) is 3.78. The summed E-state index contributed by atoms with van der Waals surface area (Å²) in [6.07, 6.45) is 3.00. The van der Waals surface area contributed by atoms with Crippen molar-refractivity contribution in [3.63, 3.8) is 0 Å². The number of hydrogen-bond acceptors (Lipinski definition) is 6. The molecule has 39 heavy (non-hydrogen) atoms. The van der Waals surface area contributed by atoms with Crippen molar-refractivity contribution in [2.45, 2.75) is 30.6 Å². The first kappa shape index (κ1) is 26.6. The van der Waals surface area contributed by atoms with E-state index in [4.69, 9.17) is 9.47 Å². The molecule has 0 saturated heterocycles. The van der Waals surface area contributed by atoms with Crippen LogP contribution in [0.15, 0.2) is 65.6 Å². The molecule has 1 saturated carbocycles. The highest BCUT2D eigenvalue weighted by Crippen LogP contribution is 2.37. The van der Waals surface area contributed by atoms with Crippen LogP contribution >= 0.6 is 0 Å². The molecule has 1 fully saturated rings. The molecule has 9 nitrogen and oxygen atoms in total. The quantitative estimate of drug-likeness (QED) is 0.398. The monoisotopic (exact) mass is 549 g/mol. The van der Waals surface area contributed by atoms with Crippen molar-refractivity contribution in [2.75, 3.05) is 36.9 Å². The summed E-state index contributed by atoms with van der Waals surface area (Å²) >= 11 is 0. The molecule has 0 aromatic heterocycles. The minimum atomic E-state index is -3.97. The summed E-state index contributed by atoms with van der Waals surface area (Å²) < 4.78 is 39.7. The lowest BCUT2D eigenvalue weighted by Crippen LogP contribution is -2.30.